The first-order valence-corrected chi connectivity index (χ1v) is 7.45. The second kappa shape index (κ2) is 6.37. The summed E-state index contributed by atoms with van der Waals surface area (Å²) in [7, 11) is -3.69. The smallest absolute Gasteiger partial charge is 0.258 e. The van der Waals surface area contributed by atoms with E-state index in [0.717, 1.165) is 17.7 Å². The zero-order valence-corrected chi connectivity index (χ0v) is 11.7. The summed E-state index contributed by atoms with van der Waals surface area (Å²) in [6.07, 6.45) is 5.05. The topological polar surface area (TPSA) is 115 Å². The van der Waals surface area contributed by atoms with Gasteiger partial charge in [0.1, 0.15) is 6.33 Å². The molecule has 0 spiro atoms. The van der Waals surface area contributed by atoms with Gasteiger partial charge in [-0.25, -0.2) is 23.1 Å². The second-order valence-electron chi connectivity index (χ2n) is 4.15. The van der Waals surface area contributed by atoms with Crippen molar-refractivity contribution in [3.63, 3.8) is 0 Å². The largest absolute Gasteiger partial charge is 0.269 e. The highest BCUT2D eigenvalue weighted by Gasteiger charge is 2.15. The van der Waals surface area contributed by atoms with Crippen molar-refractivity contribution in [3.05, 3.63) is 58.7 Å². The first-order chi connectivity index (χ1) is 9.99. The van der Waals surface area contributed by atoms with Gasteiger partial charge in [0, 0.05) is 31.1 Å². The third-order valence-electron chi connectivity index (χ3n) is 2.68. The van der Waals surface area contributed by atoms with Crippen molar-refractivity contribution in [2.24, 2.45) is 0 Å². The van der Waals surface area contributed by atoms with E-state index < -0.39 is 14.9 Å². The first-order valence-electron chi connectivity index (χ1n) is 5.97. The zero-order valence-electron chi connectivity index (χ0n) is 10.8. The van der Waals surface area contributed by atoms with Crippen molar-refractivity contribution in [1.29, 1.82) is 0 Å². The molecule has 110 valence electrons. The lowest BCUT2D eigenvalue weighted by Gasteiger charge is -2.06. The van der Waals surface area contributed by atoms with E-state index in [2.05, 4.69) is 14.7 Å². The maximum atomic E-state index is 12.0. The van der Waals surface area contributed by atoms with Crippen LogP contribution in [0.15, 0.2) is 47.9 Å². The van der Waals surface area contributed by atoms with Gasteiger partial charge in [-0.05, 0) is 24.1 Å². The highest BCUT2D eigenvalue weighted by molar-refractivity contribution is 7.89. The highest BCUT2D eigenvalue weighted by Crippen LogP contribution is 2.15. The summed E-state index contributed by atoms with van der Waals surface area (Å²) in [6.45, 7) is 0.187. The quantitative estimate of drug-likeness (QED) is 0.626. The molecular formula is C12H12N4O4S. The van der Waals surface area contributed by atoms with Crippen molar-refractivity contribution in [1.82, 2.24) is 14.7 Å². The van der Waals surface area contributed by atoms with Crippen LogP contribution in [-0.2, 0) is 16.4 Å². The Hall–Kier alpha value is -2.39. The van der Waals surface area contributed by atoms with Crippen molar-refractivity contribution in [3.8, 4) is 0 Å². The number of benzene rings is 1. The van der Waals surface area contributed by atoms with Crippen LogP contribution >= 0.6 is 0 Å². The van der Waals surface area contributed by atoms with Crippen LogP contribution in [0.3, 0.4) is 0 Å². The average molecular weight is 308 g/mol. The molecular weight excluding hydrogens is 296 g/mol. The number of sulfonamides is 1. The molecule has 9 heteroatoms. The first kappa shape index (κ1) is 15.0. The molecule has 8 nitrogen and oxygen atoms in total. The van der Waals surface area contributed by atoms with Crippen molar-refractivity contribution < 1.29 is 13.3 Å². The van der Waals surface area contributed by atoms with Gasteiger partial charge in [-0.15, -0.1) is 0 Å². The molecule has 0 bridgehead atoms. The van der Waals surface area contributed by atoms with Gasteiger partial charge in [0.05, 0.1) is 9.82 Å². The molecule has 2 aromatic rings. The molecule has 1 heterocycles. The Bertz CT molecular complexity index is 717. The highest BCUT2D eigenvalue weighted by atomic mass is 32.2. The summed E-state index contributed by atoms with van der Waals surface area (Å²) in [6, 6.07) is 4.71. The molecule has 0 atom stereocenters. The summed E-state index contributed by atoms with van der Waals surface area (Å²) in [5.41, 5.74) is 0.652. The number of non-ortho nitro benzene ring substituents is 1. The average Bonchev–Trinajstić information content (AvgIpc) is 2.48. The number of nitro groups is 1. The van der Waals surface area contributed by atoms with Crippen molar-refractivity contribution >= 4 is 15.7 Å². The van der Waals surface area contributed by atoms with E-state index in [9.17, 15) is 18.5 Å². The molecule has 0 aliphatic carbocycles. The number of nitro benzene ring substituents is 1. The van der Waals surface area contributed by atoms with Crippen LogP contribution in [0.25, 0.3) is 0 Å². The lowest BCUT2D eigenvalue weighted by atomic mass is 10.2. The Morgan fingerprint density at radius 1 is 1.14 bits per heavy atom. The summed E-state index contributed by atoms with van der Waals surface area (Å²) >= 11 is 0. The summed E-state index contributed by atoms with van der Waals surface area (Å²) in [5.74, 6) is 0. The van der Waals surface area contributed by atoms with Crippen LogP contribution in [0.4, 0.5) is 5.69 Å². The molecule has 0 saturated carbocycles. The summed E-state index contributed by atoms with van der Waals surface area (Å²) < 4.78 is 26.4. The molecule has 0 fully saturated rings. The molecule has 0 radical (unpaired) electrons. The fourth-order valence-electron chi connectivity index (χ4n) is 1.62. The van der Waals surface area contributed by atoms with Crippen LogP contribution in [-0.4, -0.2) is 29.9 Å². The van der Waals surface area contributed by atoms with E-state index >= 15 is 0 Å². The van der Waals surface area contributed by atoms with Gasteiger partial charge in [-0.1, -0.05) is 0 Å². The van der Waals surface area contributed by atoms with Crippen LogP contribution < -0.4 is 4.72 Å². The Kier molecular flexibility index (Phi) is 4.55. The standard InChI is InChI=1S/C12H12N4O4S/c17-16(18)11-1-3-12(4-2-11)21(19,20)15-6-5-10-7-13-9-14-8-10/h1-4,7-9,15H,5-6H2. The third-order valence-corrected chi connectivity index (χ3v) is 4.15. The minimum Gasteiger partial charge on any atom is -0.258 e. The van der Waals surface area contributed by atoms with E-state index in [1.54, 1.807) is 12.4 Å². The maximum absolute atomic E-state index is 12.0. The second-order valence-corrected chi connectivity index (χ2v) is 5.91. The number of hydrogen-bond donors (Lipinski definition) is 1. The molecule has 1 aromatic heterocycles. The lowest BCUT2D eigenvalue weighted by Crippen LogP contribution is -2.26. The van der Waals surface area contributed by atoms with Crippen LogP contribution in [0, 0.1) is 10.1 Å². The Morgan fingerprint density at radius 2 is 1.76 bits per heavy atom. The van der Waals surface area contributed by atoms with Crippen molar-refractivity contribution in [2.75, 3.05) is 6.54 Å². The molecule has 0 aliphatic heterocycles. The zero-order chi connectivity index (χ0) is 15.3. The van der Waals surface area contributed by atoms with Crippen LogP contribution in [0.2, 0.25) is 0 Å². The summed E-state index contributed by atoms with van der Waals surface area (Å²) in [4.78, 5) is 17.6. The Labute approximate surface area is 121 Å². The molecule has 0 unspecified atom stereocenters. The number of nitrogens with one attached hydrogen (secondary N) is 1. The minimum absolute atomic E-state index is 0.0163. The third kappa shape index (κ3) is 4.04. The Balaban J connectivity index is 2.00. The van der Waals surface area contributed by atoms with E-state index in [0.29, 0.717) is 6.42 Å². The molecule has 21 heavy (non-hydrogen) atoms. The van der Waals surface area contributed by atoms with E-state index in [-0.39, 0.29) is 17.1 Å². The number of aromatic nitrogens is 2. The molecule has 1 N–H and O–H groups in total. The molecule has 0 amide bonds. The molecule has 2 rings (SSSR count). The van der Waals surface area contributed by atoms with Gasteiger partial charge in [-0.2, -0.15) is 0 Å². The van der Waals surface area contributed by atoms with Crippen molar-refractivity contribution in [2.45, 2.75) is 11.3 Å². The SMILES string of the molecule is O=[N+]([O-])c1ccc(S(=O)(=O)NCCc2cncnc2)cc1. The van der Waals surface area contributed by atoms with Gasteiger partial charge in [0.25, 0.3) is 5.69 Å². The van der Waals surface area contributed by atoms with E-state index in [1.165, 1.54) is 18.5 Å². The predicted molar refractivity (Wildman–Crippen MR) is 74.0 cm³/mol. The monoisotopic (exact) mass is 308 g/mol. The van der Waals surface area contributed by atoms with Crippen LogP contribution in [0.5, 0.6) is 0 Å². The molecule has 0 saturated heterocycles. The van der Waals surface area contributed by atoms with E-state index in [4.69, 9.17) is 0 Å². The predicted octanol–water partition coefficient (Wildman–Crippen LogP) is 0.906. The fourth-order valence-corrected chi connectivity index (χ4v) is 2.65. The lowest BCUT2D eigenvalue weighted by molar-refractivity contribution is -0.384. The number of nitrogens with zero attached hydrogens (tertiary/aromatic N) is 3. The van der Waals surface area contributed by atoms with Gasteiger partial charge in [-0.3, -0.25) is 10.1 Å². The Morgan fingerprint density at radius 3 is 2.33 bits per heavy atom. The number of hydrogen-bond acceptors (Lipinski definition) is 6. The van der Waals surface area contributed by atoms with Gasteiger partial charge in [0.2, 0.25) is 10.0 Å². The normalized spacial score (nSPS) is 11.2. The molecule has 0 aliphatic rings. The van der Waals surface area contributed by atoms with Gasteiger partial charge >= 0.3 is 0 Å². The van der Waals surface area contributed by atoms with Gasteiger partial charge < -0.3 is 0 Å². The van der Waals surface area contributed by atoms with E-state index in [1.807, 2.05) is 0 Å². The minimum atomic E-state index is -3.69. The van der Waals surface area contributed by atoms with Crippen LogP contribution in [0.1, 0.15) is 5.56 Å². The van der Waals surface area contributed by atoms with Gasteiger partial charge in [0.15, 0.2) is 0 Å². The summed E-state index contributed by atoms with van der Waals surface area (Å²) in [5, 5.41) is 10.5. The fraction of sp³-hybridized carbons (Fsp3) is 0.167. The number of rotatable bonds is 6. The molecule has 1 aromatic carbocycles. The maximum Gasteiger partial charge on any atom is 0.269 e.